The monoisotopic (exact) mass is 308 g/mol. The van der Waals surface area contributed by atoms with Gasteiger partial charge in [-0.25, -0.2) is 0 Å². The molecule has 0 heteroatoms. The van der Waals surface area contributed by atoms with Gasteiger partial charge in [0.15, 0.2) is 0 Å². The molecule has 0 aliphatic heterocycles. The van der Waals surface area contributed by atoms with Gasteiger partial charge >= 0.3 is 0 Å². The lowest BCUT2D eigenvalue weighted by Crippen LogP contribution is -2.01. The maximum absolute atomic E-state index is 2.39. The fraction of sp³-hybridized carbons (Fsp3) is 0.0833. The molecule has 0 atom stereocenters. The van der Waals surface area contributed by atoms with E-state index in [2.05, 4.69) is 97.1 Å². The molecule has 0 aromatic heterocycles. The summed E-state index contributed by atoms with van der Waals surface area (Å²) < 4.78 is 0. The van der Waals surface area contributed by atoms with E-state index in [0.29, 0.717) is 0 Å². The molecule has 0 heterocycles. The molecule has 0 spiro atoms. The van der Waals surface area contributed by atoms with Crippen LogP contribution in [-0.4, -0.2) is 0 Å². The topological polar surface area (TPSA) is 0 Å². The quantitative estimate of drug-likeness (QED) is 0.501. The number of hydrogen-bond donors (Lipinski definition) is 0. The molecule has 24 heavy (non-hydrogen) atoms. The minimum absolute atomic E-state index is 1.10. The van der Waals surface area contributed by atoms with Crippen molar-refractivity contribution in [2.75, 3.05) is 0 Å². The molecule has 1 aliphatic carbocycles. The molecule has 0 radical (unpaired) electrons. The van der Waals surface area contributed by atoms with E-state index in [0.717, 1.165) is 12.8 Å². The fourth-order valence-electron chi connectivity index (χ4n) is 3.39. The van der Waals surface area contributed by atoms with E-state index in [1.807, 2.05) is 0 Å². The van der Waals surface area contributed by atoms with Crippen molar-refractivity contribution in [2.45, 2.75) is 12.8 Å². The van der Waals surface area contributed by atoms with E-state index >= 15 is 0 Å². The van der Waals surface area contributed by atoms with Gasteiger partial charge in [0.2, 0.25) is 0 Å². The smallest absolute Gasteiger partial charge is 0.0103 e. The zero-order valence-corrected chi connectivity index (χ0v) is 13.7. The summed E-state index contributed by atoms with van der Waals surface area (Å²) in [5, 5.41) is 0. The summed E-state index contributed by atoms with van der Waals surface area (Å²) in [4.78, 5) is 0. The summed E-state index contributed by atoms with van der Waals surface area (Å²) in [7, 11) is 0. The van der Waals surface area contributed by atoms with Gasteiger partial charge in [-0.1, -0.05) is 91.0 Å². The molecule has 4 rings (SSSR count). The van der Waals surface area contributed by atoms with Gasteiger partial charge in [-0.3, -0.25) is 0 Å². The minimum Gasteiger partial charge on any atom is -0.0757 e. The first-order valence-corrected chi connectivity index (χ1v) is 8.53. The van der Waals surface area contributed by atoms with Crippen LogP contribution >= 0.6 is 0 Å². The van der Waals surface area contributed by atoms with Crippen LogP contribution in [0, 0.1) is 0 Å². The molecule has 0 saturated heterocycles. The molecule has 0 saturated carbocycles. The third-order valence-corrected chi connectivity index (χ3v) is 4.56. The van der Waals surface area contributed by atoms with E-state index in [1.165, 1.54) is 33.4 Å². The Kier molecular flexibility index (Phi) is 4.12. The van der Waals surface area contributed by atoms with Gasteiger partial charge in [-0.2, -0.15) is 0 Å². The maximum Gasteiger partial charge on any atom is -0.0103 e. The fourth-order valence-corrected chi connectivity index (χ4v) is 3.39. The number of rotatable bonds is 3. The molecule has 0 unspecified atom stereocenters. The SMILES string of the molecule is C1=C(/C(=C\c2ccccc2)c2ccccc2)c2ccccc2CC1. The Hall–Kier alpha value is -2.86. The average molecular weight is 308 g/mol. The summed E-state index contributed by atoms with van der Waals surface area (Å²) in [6, 6.07) is 30.1. The molecule has 0 fully saturated rings. The number of aryl methyl sites for hydroxylation is 1. The van der Waals surface area contributed by atoms with Gasteiger partial charge in [0.25, 0.3) is 0 Å². The summed E-state index contributed by atoms with van der Waals surface area (Å²) in [6.07, 6.45) is 6.94. The molecule has 116 valence electrons. The summed E-state index contributed by atoms with van der Waals surface area (Å²) in [5.41, 5.74) is 7.98. The van der Waals surface area contributed by atoms with Gasteiger partial charge in [0.05, 0.1) is 0 Å². The molecule has 3 aromatic carbocycles. The van der Waals surface area contributed by atoms with Crippen LogP contribution in [0.25, 0.3) is 17.2 Å². The summed E-state index contributed by atoms with van der Waals surface area (Å²) in [5.74, 6) is 0. The van der Waals surface area contributed by atoms with Crippen molar-refractivity contribution in [2.24, 2.45) is 0 Å². The highest BCUT2D eigenvalue weighted by Crippen LogP contribution is 2.37. The maximum atomic E-state index is 2.39. The largest absolute Gasteiger partial charge is 0.0757 e. The van der Waals surface area contributed by atoms with Crippen LogP contribution < -0.4 is 0 Å². The van der Waals surface area contributed by atoms with Gasteiger partial charge in [0.1, 0.15) is 0 Å². The van der Waals surface area contributed by atoms with E-state index in [-0.39, 0.29) is 0 Å². The lowest BCUT2D eigenvalue weighted by molar-refractivity contribution is 0.980. The van der Waals surface area contributed by atoms with Crippen molar-refractivity contribution in [3.63, 3.8) is 0 Å². The Labute approximate surface area is 143 Å². The third-order valence-electron chi connectivity index (χ3n) is 4.56. The van der Waals surface area contributed by atoms with Gasteiger partial charge in [-0.05, 0) is 52.3 Å². The van der Waals surface area contributed by atoms with Crippen molar-refractivity contribution >= 4 is 17.2 Å². The van der Waals surface area contributed by atoms with Gasteiger partial charge in [0, 0.05) is 0 Å². The number of hydrogen-bond acceptors (Lipinski definition) is 0. The van der Waals surface area contributed by atoms with E-state index in [1.54, 1.807) is 0 Å². The Morgan fingerprint density at radius 2 is 1.38 bits per heavy atom. The first-order chi connectivity index (χ1) is 11.9. The number of allylic oxidation sites excluding steroid dienone is 3. The van der Waals surface area contributed by atoms with Crippen LogP contribution in [0.1, 0.15) is 28.7 Å². The predicted octanol–water partition coefficient (Wildman–Crippen LogP) is 6.26. The Morgan fingerprint density at radius 1 is 0.708 bits per heavy atom. The minimum atomic E-state index is 1.10. The Bertz CT molecular complexity index is 884. The van der Waals surface area contributed by atoms with E-state index < -0.39 is 0 Å². The number of fused-ring (bicyclic) bond motifs is 1. The van der Waals surface area contributed by atoms with Crippen LogP contribution in [0.15, 0.2) is 91.0 Å². The van der Waals surface area contributed by atoms with Crippen LogP contribution in [0.2, 0.25) is 0 Å². The van der Waals surface area contributed by atoms with Crippen molar-refractivity contribution in [3.05, 3.63) is 113 Å². The van der Waals surface area contributed by atoms with Crippen LogP contribution in [0.5, 0.6) is 0 Å². The molecule has 1 aliphatic rings. The normalized spacial score (nSPS) is 14.0. The highest BCUT2D eigenvalue weighted by Gasteiger charge is 2.16. The summed E-state index contributed by atoms with van der Waals surface area (Å²) >= 11 is 0. The van der Waals surface area contributed by atoms with Crippen LogP contribution in [-0.2, 0) is 6.42 Å². The highest BCUT2D eigenvalue weighted by molar-refractivity contribution is 6.11. The first-order valence-electron chi connectivity index (χ1n) is 8.53. The molecule has 3 aromatic rings. The van der Waals surface area contributed by atoms with Crippen molar-refractivity contribution in [3.8, 4) is 0 Å². The predicted molar refractivity (Wildman–Crippen MR) is 103 cm³/mol. The summed E-state index contributed by atoms with van der Waals surface area (Å²) in [6.45, 7) is 0. The Balaban J connectivity index is 1.88. The molecule has 0 N–H and O–H groups in total. The first kappa shape index (κ1) is 14.7. The second-order valence-electron chi connectivity index (χ2n) is 6.15. The highest BCUT2D eigenvalue weighted by atomic mass is 14.2. The second-order valence-corrected chi connectivity index (χ2v) is 6.15. The van der Waals surface area contributed by atoms with E-state index in [4.69, 9.17) is 0 Å². The standard InChI is InChI=1S/C24H20/c1-3-10-19(11-4-1)18-24(21-12-5-2-6-13-21)23-17-9-15-20-14-7-8-16-22(20)23/h1-8,10-14,16-18H,9,15H2/b24-18-. The molecule has 0 bridgehead atoms. The zero-order chi connectivity index (χ0) is 16.2. The third kappa shape index (κ3) is 2.96. The molecular weight excluding hydrogens is 288 g/mol. The van der Waals surface area contributed by atoms with Crippen molar-refractivity contribution < 1.29 is 0 Å². The average Bonchev–Trinajstić information content (AvgIpc) is 2.67. The van der Waals surface area contributed by atoms with Crippen LogP contribution in [0.4, 0.5) is 0 Å². The number of benzene rings is 3. The van der Waals surface area contributed by atoms with Crippen LogP contribution in [0.3, 0.4) is 0 Å². The van der Waals surface area contributed by atoms with Gasteiger partial charge < -0.3 is 0 Å². The molecular formula is C24H20. The Morgan fingerprint density at radius 3 is 2.17 bits per heavy atom. The zero-order valence-electron chi connectivity index (χ0n) is 13.7. The van der Waals surface area contributed by atoms with E-state index in [9.17, 15) is 0 Å². The van der Waals surface area contributed by atoms with Crippen molar-refractivity contribution in [1.29, 1.82) is 0 Å². The lowest BCUT2D eigenvalue weighted by Gasteiger charge is -2.21. The second kappa shape index (κ2) is 6.72. The molecule has 0 nitrogen and oxygen atoms in total. The van der Waals surface area contributed by atoms with Crippen molar-refractivity contribution in [1.82, 2.24) is 0 Å². The van der Waals surface area contributed by atoms with Gasteiger partial charge in [-0.15, -0.1) is 0 Å². The lowest BCUT2D eigenvalue weighted by atomic mass is 9.83. The molecule has 0 amide bonds.